The van der Waals surface area contributed by atoms with Crippen LogP contribution in [0.15, 0.2) is 24.3 Å². The van der Waals surface area contributed by atoms with Gasteiger partial charge in [-0.3, -0.25) is 4.90 Å². The second kappa shape index (κ2) is 7.54. The van der Waals surface area contributed by atoms with Crippen molar-refractivity contribution in [3.8, 4) is 5.75 Å². The van der Waals surface area contributed by atoms with Gasteiger partial charge in [-0.2, -0.15) is 0 Å². The molecule has 0 aliphatic heterocycles. The van der Waals surface area contributed by atoms with E-state index in [9.17, 15) is 5.11 Å². The molecule has 0 spiro atoms. The number of hydrogen-bond acceptors (Lipinski definition) is 2. The minimum absolute atomic E-state index is 0.311. The molecule has 1 N–H and O–H groups in total. The summed E-state index contributed by atoms with van der Waals surface area (Å²) < 4.78 is 0. The monoisotopic (exact) mass is 263 g/mol. The molecule has 0 heterocycles. The van der Waals surface area contributed by atoms with E-state index in [4.69, 9.17) is 0 Å². The Morgan fingerprint density at radius 3 is 1.95 bits per heavy atom. The van der Waals surface area contributed by atoms with E-state index < -0.39 is 0 Å². The van der Waals surface area contributed by atoms with Crippen molar-refractivity contribution in [1.82, 2.24) is 4.90 Å². The van der Waals surface area contributed by atoms with Crippen molar-refractivity contribution in [1.29, 1.82) is 0 Å². The fraction of sp³-hybridized carbons (Fsp3) is 0.647. The van der Waals surface area contributed by atoms with Crippen LogP contribution in [0.1, 0.15) is 52.6 Å². The fourth-order valence-corrected chi connectivity index (χ4v) is 2.71. The van der Waals surface area contributed by atoms with E-state index in [0.717, 1.165) is 25.1 Å². The average molecular weight is 263 g/mol. The lowest BCUT2D eigenvalue weighted by Gasteiger charge is -2.34. The highest BCUT2D eigenvalue weighted by molar-refractivity contribution is 5.34. The summed E-state index contributed by atoms with van der Waals surface area (Å²) in [6.07, 6.45) is 1.02. The summed E-state index contributed by atoms with van der Waals surface area (Å²) in [4.78, 5) is 2.52. The molecule has 1 unspecified atom stereocenters. The molecule has 1 atom stereocenters. The maximum Gasteiger partial charge on any atom is 0.120 e. The minimum atomic E-state index is 0.311. The first kappa shape index (κ1) is 16.0. The van der Waals surface area contributed by atoms with Gasteiger partial charge in [0.15, 0.2) is 0 Å². The zero-order valence-electron chi connectivity index (χ0n) is 13.1. The molecule has 108 valence electrons. The Morgan fingerprint density at radius 1 is 1.00 bits per heavy atom. The number of phenols is 1. The number of benzene rings is 1. The van der Waals surface area contributed by atoms with E-state index in [1.54, 1.807) is 6.07 Å². The van der Waals surface area contributed by atoms with Gasteiger partial charge >= 0.3 is 0 Å². The lowest BCUT2D eigenvalue weighted by molar-refractivity contribution is 0.150. The van der Waals surface area contributed by atoms with Gasteiger partial charge in [0.25, 0.3) is 0 Å². The molecule has 0 radical (unpaired) electrons. The highest BCUT2D eigenvalue weighted by Crippen LogP contribution is 2.31. The van der Waals surface area contributed by atoms with Gasteiger partial charge < -0.3 is 5.11 Å². The Hall–Kier alpha value is -1.02. The second-order valence-electron chi connectivity index (χ2n) is 6.22. The zero-order valence-corrected chi connectivity index (χ0v) is 13.1. The number of phenolic OH excluding ortho intramolecular Hbond substituents is 1. The molecular formula is C17H29NO. The molecule has 2 heteroatoms. The van der Waals surface area contributed by atoms with Gasteiger partial charge in [-0.1, -0.05) is 52.8 Å². The summed E-state index contributed by atoms with van der Waals surface area (Å²) >= 11 is 0. The highest BCUT2D eigenvalue weighted by atomic mass is 16.3. The molecule has 0 amide bonds. The van der Waals surface area contributed by atoms with Crippen LogP contribution in [0, 0.1) is 11.8 Å². The van der Waals surface area contributed by atoms with Crippen molar-refractivity contribution in [3.63, 3.8) is 0 Å². The predicted molar refractivity (Wildman–Crippen MR) is 82.4 cm³/mol. The average Bonchev–Trinajstić information content (AvgIpc) is 2.30. The lowest BCUT2D eigenvalue weighted by atomic mass is 9.99. The van der Waals surface area contributed by atoms with Crippen molar-refractivity contribution >= 4 is 0 Å². The summed E-state index contributed by atoms with van der Waals surface area (Å²) in [6, 6.07) is 8.06. The van der Waals surface area contributed by atoms with E-state index in [-0.39, 0.29) is 0 Å². The van der Waals surface area contributed by atoms with Crippen LogP contribution in [0.2, 0.25) is 0 Å². The summed E-state index contributed by atoms with van der Waals surface area (Å²) in [5, 5.41) is 10.1. The summed E-state index contributed by atoms with van der Waals surface area (Å²) in [5.74, 6) is 1.70. The second-order valence-corrected chi connectivity index (χ2v) is 6.22. The van der Waals surface area contributed by atoms with Crippen LogP contribution in [0.4, 0.5) is 0 Å². The molecule has 2 nitrogen and oxygen atoms in total. The molecule has 0 saturated heterocycles. The Labute approximate surface area is 118 Å². The SMILES string of the molecule is CCC(c1ccccc1O)N(CC(C)C)CC(C)C. The van der Waals surface area contributed by atoms with E-state index in [2.05, 4.69) is 45.6 Å². The van der Waals surface area contributed by atoms with E-state index in [1.165, 1.54) is 0 Å². The van der Waals surface area contributed by atoms with Crippen molar-refractivity contribution in [2.24, 2.45) is 11.8 Å². The van der Waals surface area contributed by atoms with Crippen molar-refractivity contribution in [2.45, 2.75) is 47.1 Å². The van der Waals surface area contributed by atoms with E-state index in [1.807, 2.05) is 12.1 Å². The first-order valence-electron chi connectivity index (χ1n) is 7.47. The lowest BCUT2D eigenvalue weighted by Crippen LogP contribution is -2.35. The molecule has 0 aliphatic carbocycles. The molecule has 0 saturated carbocycles. The first-order chi connectivity index (χ1) is 8.95. The topological polar surface area (TPSA) is 23.5 Å². The molecule has 0 aromatic heterocycles. The number of aromatic hydroxyl groups is 1. The number of hydrogen-bond donors (Lipinski definition) is 1. The van der Waals surface area contributed by atoms with Crippen LogP contribution in [0.25, 0.3) is 0 Å². The quantitative estimate of drug-likeness (QED) is 0.785. The van der Waals surface area contributed by atoms with Crippen LogP contribution < -0.4 is 0 Å². The molecule has 19 heavy (non-hydrogen) atoms. The van der Waals surface area contributed by atoms with Gasteiger partial charge in [-0.15, -0.1) is 0 Å². The van der Waals surface area contributed by atoms with E-state index >= 15 is 0 Å². The minimum Gasteiger partial charge on any atom is -0.508 e. The van der Waals surface area contributed by atoms with E-state index in [0.29, 0.717) is 23.6 Å². The molecule has 0 bridgehead atoms. The third-order valence-electron chi connectivity index (χ3n) is 3.32. The van der Waals surface area contributed by atoms with Crippen LogP contribution in [0.5, 0.6) is 5.75 Å². The van der Waals surface area contributed by atoms with Crippen LogP contribution in [-0.2, 0) is 0 Å². The highest BCUT2D eigenvalue weighted by Gasteiger charge is 2.22. The molecular weight excluding hydrogens is 234 g/mol. The van der Waals surface area contributed by atoms with Gasteiger partial charge in [0.2, 0.25) is 0 Å². The Balaban J connectivity index is 2.98. The predicted octanol–water partition coefficient (Wildman–Crippen LogP) is 4.46. The summed E-state index contributed by atoms with van der Waals surface area (Å²) in [5.41, 5.74) is 1.06. The van der Waals surface area contributed by atoms with Gasteiger partial charge in [0.05, 0.1) is 0 Å². The number of nitrogens with zero attached hydrogens (tertiary/aromatic N) is 1. The maximum atomic E-state index is 10.1. The summed E-state index contributed by atoms with van der Waals surface area (Å²) in [6.45, 7) is 13.4. The standard InChI is InChI=1S/C17H29NO/c1-6-16(15-9-7-8-10-17(15)19)18(11-13(2)3)12-14(4)5/h7-10,13-14,16,19H,6,11-12H2,1-5H3. The van der Waals surface area contributed by atoms with Crippen molar-refractivity contribution in [2.75, 3.05) is 13.1 Å². The number of rotatable bonds is 7. The van der Waals surface area contributed by atoms with Crippen LogP contribution in [0.3, 0.4) is 0 Å². The zero-order chi connectivity index (χ0) is 14.4. The third kappa shape index (κ3) is 4.87. The van der Waals surface area contributed by atoms with Crippen LogP contribution >= 0.6 is 0 Å². The molecule has 0 fully saturated rings. The Bertz CT molecular complexity index is 363. The van der Waals surface area contributed by atoms with Gasteiger partial charge in [-0.05, 0) is 24.3 Å². The smallest absolute Gasteiger partial charge is 0.120 e. The van der Waals surface area contributed by atoms with Gasteiger partial charge in [0.1, 0.15) is 5.75 Å². The number of para-hydroxylation sites is 1. The fourth-order valence-electron chi connectivity index (χ4n) is 2.71. The molecule has 1 rings (SSSR count). The first-order valence-corrected chi connectivity index (χ1v) is 7.47. The largest absolute Gasteiger partial charge is 0.508 e. The van der Waals surface area contributed by atoms with Crippen LogP contribution in [-0.4, -0.2) is 23.1 Å². The molecule has 1 aromatic carbocycles. The van der Waals surface area contributed by atoms with Gasteiger partial charge in [0, 0.05) is 24.7 Å². The van der Waals surface area contributed by atoms with Gasteiger partial charge in [-0.25, -0.2) is 0 Å². The maximum absolute atomic E-state index is 10.1. The van der Waals surface area contributed by atoms with Crippen molar-refractivity contribution < 1.29 is 5.11 Å². The Morgan fingerprint density at radius 2 is 1.53 bits per heavy atom. The molecule has 0 aliphatic rings. The molecule has 1 aromatic rings. The Kier molecular flexibility index (Phi) is 6.36. The third-order valence-corrected chi connectivity index (χ3v) is 3.32. The van der Waals surface area contributed by atoms with Crippen molar-refractivity contribution in [3.05, 3.63) is 29.8 Å². The summed E-state index contributed by atoms with van der Waals surface area (Å²) in [7, 11) is 0. The normalized spacial score (nSPS) is 13.5.